The number of carbonyl (C=O) groups excluding carboxylic acids is 1. The number of nitrogens with zero attached hydrogens (tertiary/aromatic N) is 1. The third kappa shape index (κ3) is 5.68. The van der Waals surface area contributed by atoms with Gasteiger partial charge in [-0.05, 0) is 48.5 Å². The molecule has 4 aromatic rings. The highest BCUT2D eigenvalue weighted by atomic mass is 79.9. The summed E-state index contributed by atoms with van der Waals surface area (Å²) in [6, 6.07) is 19.4. The Morgan fingerprint density at radius 2 is 1.88 bits per heavy atom. The molecule has 0 unspecified atom stereocenters. The predicted octanol–water partition coefficient (Wildman–Crippen LogP) is 7.10. The number of thiazole rings is 1. The molecule has 9 heteroatoms. The van der Waals surface area contributed by atoms with Gasteiger partial charge in [0.15, 0.2) is 5.13 Å². The maximum Gasteiger partial charge on any atom is 0.387 e. The Balaban J connectivity index is 1.46. The molecule has 0 fully saturated rings. The van der Waals surface area contributed by atoms with E-state index in [1.165, 1.54) is 29.6 Å². The van der Waals surface area contributed by atoms with Crippen molar-refractivity contribution in [1.82, 2.24) is 4.98 Å². The van der Waals surface area contributed by atoms with Crippen molar-refractivity contribution in [2.45, 2.75) is 6.61 Å². The van der Waals surface area contributed by atoms with E-state index >= 15 is 0 Å². The number of anilines is 1. The average Bonchev–Trinajstić information content (AvgIpc) is 3.15. The number of amides is 1. The minimum absolute atomic E-state index is 0.0295. The van der Waals surface area contributed by atoms with E-state index in [0.29, 0.717) is 26.4 Å². The number of nitrogens with one attached hydrogen (secondary N) is 1. The minimum Gasteiger partial charge on any atom is -0.457 e. The maximum atomic E-state index is 12.6. The van der Waals surface area contributed by atoms with Crippen LogP contribution in [0.3, 0.4) is 0 Å². The van der Waals surface area contributed by atoms with Gasteiger partial charge in [0, 0.05) is 22.2 Å². The second-order valence-corrected chi connectivity index (χ2v) is 8.39. The van der Waals surface area contributed by atoms with Crippen LogP contribution in [-0.4, -0.2) is 17.5 Å². The molecule has 4 rings (SSSR count). The number of alkyl halides is 2. The SMILES string of the molecule is O=C(C=Cc1cc(Br)ccc1OC(F)F)Nc1nc2ccc(Oc3ccccc3)cc2s1. The topological polar surface area (TPSA) is 60.5 Å². The van der Waals surface area contributed by atoms with Crippen LogP contribution < -0.4 is 14.8 Å². The normalized spacial score (nSPS) is 11.2. The van der Waals surface area contributed by atoms with Crippen LogP contribution in [0.5, 0.6) is 17.2 Å². The maximum absolute atomic E-state index is 12.6. The van der Waals surface area contributed by atoms with Gasteiger partial charge in [0.05, 0.1) is 10.2 Å². The third-order valence-corrected chi connectivity index (χ3v) is 5.60. The van der Waals surface area contributed by atoms with Gasteiger partial charge in [-0.1, -0.05) is 45.5 Å². The van der Waals surface area contributed by atoms with Gasteiger partial charge in [-0.3, -0.25) is 10.1 Å². The zero-order valence-electron chi connectivity index (χ0n) is 16.3. The molecule has 0 spiro atoms. The quantitative estimate of drug-likeness (QED) is 0.266. The van der Waals surface area contributed by atoms with Gasteiger partial charge in [0.25, 0.3) is 0 Å². The fraction of sp³-hybridized carbons (Fsp3) is 0.0435. The molecule has 0 saturated carbocycles. The van der Waals surface area contributed by atoms with Gasteiger partial charge < -0.3 is 9.47 Å². The number of hydrogen-bond acceptors (Lipinski definition) is 5. The van der Waals surface area contributed by atoms with Crippen molar-refractivity contribution in [2.24, 2.45) is 0 Å². The Kier molecular flexibility index (Phi) is 6.77. The van der Waals surface area contributed by atoms with Crippen molar-refractivity contribution < 1.29 is 23.0 Å². The number of fused-ring (bicyclic) bond motifs is 1. The molecule has 0 aliphatic carbocycles. The Morgan fingerprint density at radius 1 is 1.06 bits per heavy atom. The van der Waals surface area contributed by atoms with Crippen LogP contribution >= 0.6 is 27.3 Å². The molecule has 0 aliphatic heterocycles. The Morgan fingerprint density at radius 3 is 2.66 bits per heavy atom. The van der Waals surface area contributed by atoms with Crippen LogP contribution in [-0.2, 0) is 4.79 Å². The van der Waals surface area contributed by atoms with Gasteiger partial charge in [-0.25, -0.2) is 4.98 Å². The number of aromatic nitrogens is 1. The molecule has 0 bridgehead atoms. The molecule has 162 valence electrons. The lowest BCUT2D eigenvalue weighted by Gasteiger charge is -2.08. The van der Waals surface area contributed by atoms with Gasteiger partial charge in [-0.15, -0.1) is 0 Å². The Labute approximate surface area is 194 Å². The fourth-order valence-corrected chi connectivity index (χ4v) is 4.09. The third-order valence-electron chi connectivity index (χ3n) is 4.17. The highest BCUT2D eigenvalue weighted by molar-refractivity contribution is 9.10. The molecule has 0 aliphatic rings. The molecule has 1 aromatic heterocycles. The van der Waals surface area contributed by atoms with Gasteiger partial charge in [0.1, 0.15) is 17.2 Å². The highest BCUT2D eigenvalue weighted by Crippen LogP contribution is 2.31. The summed E-state index contributed by atoms with van der Waals surface area (Å²) >= 11 is 4.57. The number of halogens is 3. The summed E-state index contributed by atoms with van der Waals surface area (Å²) in [5.41, 5.74) is 1.05. The van der Waals surface area contributed by atoms with Gasteiger partial charge in [-0.2, -0.15) is 8.78 Å². The number of hydrogen-bond donors (Lipinski definition) is 1. The van der Waals surface area contributed by atoms with Crippen molar-refractivity contribution in [3.8, 4) is 17.2 Å². The predicted molar refractivity (Wildman–Crippen MR) is 125 cm³/mol. The van der Waals surface area contributed by atoms with Crippen molar-refractivity contribution in [3.05, 3.63) is 82.8 Å². The van der Waals surface area contributed by atoms with Crippen molar-refractivity contribution in [2.75, 3.05) is 5.32 Å². The molecule has 1 N–H and O–H groups in total. The van der Waals surface area contributed by atoms with E-state index in [2.05, 4.69) is 31.0 Å². The minimum atomic E-state index is -2.96. The highest BCUT2D eigenvalue weighted by Gasteiger charge is 2.10. The summed E-state index contributed by atoms with van der Waals surface area (Å²) in [6.07, 6.45) is 2.63. The number of ether oxygens (including phenoxy) is 2. The number of para-hydroxylation sites is 1. The first-order valence-corrected chi connectivity index (χ1v) is 10.9. The van der Waals surface area contributed by atoms with E-state index in [9.17, 15) is 13.6 Å². The van der Waals surface area contributed by atoms with Crippen LogP contribution in [0.2, 0.25) is 0 Å². The van der Waals surface area contributed by atoms with Gasteiger partial charge in [0.2, 0.25) is 5.91 Å². The number of rotatable bonds is 7. The molecule has 5 nitrogen and oxygen atoms in total. The van der Waals surface area contributed by atoms with E-state index in [1.54, 1.807) is 18.2 Å². The average molecular weight is 517 g/mol. The van der Waals surface area contributed by atoms with Gasteiger partial charge >= 0.3 is 6.61 Å². The molecule has 32 heavy (non-hydrogen) atoms. The Bertz CT molecular complexity index is 1280. The van der Waals surface area contributed by atoms with E-state index in [-0.39, 0.29) is 5.75 Å². The van der Waals surface area contributed by atoms with E-state index in [1.807, 2.05) is 42.5 Å². The summed E-state index contributed by atoms with van der Waals surface area (Å²) in [7, 11) is 0. The second-order valence-electron chi connectivity index (χ2n) is 6.45. The molecule has 3 aromatic carbocycles. The van der Waals surface area contributed by atoms with Crippen LogP contribution in [0.15, 0.2) is 77.3 Å². The summed E-state index contributed by atoms with van der Waals surface area (Å²) in [6.45, 7) is -2.96. The lowest BCUT2D eigenvalue weighted by molar-refractivity contribution is -0.111. The fourth-order valence-electron chi connectivity index (χ4n) is 2.81. The molecular weight excluding hydrogens is 502 g/mol. The summed E-state index contributed by atoms with van der Waals surface area (Å²) < 4.78 is 37.0. The van der Waals surface area contributed by atoms with Crippen LogP contribution in [0, 0.1) is 0 Å². The largest absolute Gasteiger partial charge is 0.457 e. The van der Waals surface area contributed by atoms with Crippen LogP contribution in [0.4, 0.5) is 13.9 Å². The van der Waals surface area contributed by atoms with Crippen molar-refractivity contribution in [1.29, 1.82) is 0 Å². The Hall–Kier alpha value is -3.30. The summed E-state index contributed by atoms with van der Waals surface area (Å²) in [5.74, 6) is 0.898. The smallest absolute Gasteiger partial charge is 0.387 e. The summed E-state index contributed by atoms with van der Waals surface area (Å²) in [5, 5.41) is 3.09. The monoisotopic (exact) mass is 516 g/mol. The second kappa shape index (κ2) is 9.88. The van der Waals surface area contributed by atoms with Crippen molar-refractivity contribution >= 4 is 54.6 Å². The standard InChI is InChI=1S/C23H15BrF2N2O3S/c24-15-7-10-19(31-22(25)26)14(12-15)6-11-21(29)28-23-27-18-9-8-17(13-20(18)32-23)30-16-4-2-1-3-5-16/h1-13,22H,(H,27,28,29). The molecule has 0 saturated heterocycles. The first-order valence-electron chi connectivity index (χ1n) is 9.33. The van der Waals surface area contributed by atoms with Crippen LogP contribution in [0.25, 0.3) is 16.3 Å². The molecule has 1 amide bonds. The molecular formula is C23H15BrF2N2O3S. The van der Waals surface area contributed by atoms with E-state index in [0.717, 1.165) is 10.4 Å². The number of benzene rings is 3. The summed E-state index contributed by atoms with van der Waals surface area (Å²) in [4.78, 5) is 16.7. The lowest BCUT2D eigenvalue weighted by atomic mass is 10.2. The van der Waals surface area contributed by atoms with E-state index < -0.39 is 12.5 Å². The first-order chi connectivity index (χ1) is 15.5. The number of carbonyl (C=O) groups is 1. The molecule has 0 atom stereocenters. The lowest BCUT2D eigenvalue weighted by Crippen LogP contribution is -2.07. The van der Waals surface area contributed by atoms with Crippen molar-refractivity contribution in [3.63, 3.8) is 0 Å². The first kappa shape index (κ1) is 21.9. The molecule has 1 heterocycles. The zero-order valence-corrected chi connectivity index (χ0v) is 18.7. The van der Waals surface area contributed by atoms with Crippen LogP contribution in [0.1, 0.15) is 5.56 Å². The zero-order chi connectivity index (χ0) is 22.5. The van der Waals surface area contributed by atoms with E-state index in [4.69, 9.17) is 4.74 Å². The molecule has 0 radical (unpaired) electrons.